The molecule has 11 heavy (non-hydrogen) atoms. The average Bonchev–Trinajstić information content (AvgIpc) is 1.87. The summed E-state index contributed by atoms with van der Waals surface area (Å²) in [5.74, 6) is 0. The first-order chi connectivity index (χ1) is 5.16. The molecule has 2 nitrogen and oxygen atoms in total. The van der Waals surface area contributed by atoms with Gasteiger partial charge >= 0.3 is 0 Å². The van der Waals surface area contributed by atoms with Crippen LogP contribution >= 0.6 is 0 Å². The lowest BCUT2D eigenvalue weighted by Gasteiger charge is -2.06. The van der Waals surface area contributed by atoms with Crippen LogP contribution in [-0.4, -0.2) is 12.5 Å². The van der Waals surface area contributed by atoms with Gasteiger partial charge in [-0.25, -0.2) is 0 Å². The second-order valence-electron chi connectivity index (χ2n) is 3.04. The van der Waals surface area contributed by atoms with Gasteiger partial charge in [-0.2, -0.15) is 0 Å². The van der Waals surface area contributed by atoms with E-state index in [0.29, 0.717) is 6.04 Å². The van der Waals surface area contributed by atoms with Gasteiger partial charge in [0, 0.05) is 6.04 Å². The van der Waals surface area contributed by atoms with Crippen LogP contribution < -0.4 is 5.32 Å². The molecule has 0 aliphatic rings. The number of carbonyl (C=O) groups excluding carboxylic acids is 1. The summed E-state index contributed by atoms with van der Waals surface area (Å²) in [5.41, 5.74) is 1.34. The molecule has 0 spiro atoms. The zero-order valence-corrected chi connectivity index (χ0v) is 7.55. The van der Waals surface area contributed by atoms with E-state index in [4.69, 9.17) is 0 Å². The van der Waals surface area contributed by atoms with E-state index in [-0.39, 0.29) is 0 Å². The molecule has 0 fully saturated rings. The Morgan fingerprint density at radius 2 is 2.18 bits per heavy atom. The van der Waals surface area contributed by atoms with E-state index in [1.54, 1.807) is 0 Å². The Kier molecular flexibility index (Phi) is 5.53. The van der Waals surface area contributed by atoms with E-state index >= 15 is 0 Å². The van der Waals surface area contributed by atoms with E-state index in [1.807, 2.05) is 6.92 Å². The highest BCUT2D eigenvalue weighted by atomic mass is 16.1. The Labute approximate surface area is 68.7 Å². The highest BCUT2D eigenvalue weighted by Gasteiger charge is 1.95. The number of rotatable bonds is 5. The molecule has 0 saturated heterocycles. The smallest absolute Gasteiger partial charge is 0.207 e. The fourth-order valence-electron chi connectivity index (χ4n) is 0.821. The van der Waals surface area contributed by atoms with Crippen molar-refractivity contribution in [2.75, 3.05) is 0 Å². The van der Waals surface area contributed by atoms with Crippen molar-refractivity contribution in [2.45, 2.75) is 39.7 Å². The van der Waals surface area contributed by atoms with Gasteiger partial charge in [-0.1, -0.05) is 11.6 Å². The maximum Gasteiger partial charge on any atom is 0.207 e. The monoisotopic (exact) mass is 155 g/mol. The predicted molar refractivity (Wildman–Crippen MR) is 47.3 cm³/mol. The first-order valence-corrected chi connectivity index (χ1v) is 4.00. The molecule has 2 heteroatoms. The molecular weight excluding hydrogens is 138 g/mol. The second kappa shape index (κ2) is 5.96. The van der Waals surface area contributed by atoms with Crippen molar-refractivity contribution in [3.63, 3.8) is 0 Å². The summed E-state index contributed by atoms with van der Waals surface area (Å²) in [6, 6.07) is 0.295. The van der Waals surface area contributed by atoms with Crippen LogP contribution in [0.4, 0.5) is 0 Å². The van der Waals surface area contributed by atoms with Gasteiger partial charge in [0.25, 0.3) is 0 Å². The maximum atomic E-state index is 9.99. The molecule has 0 unspecified atom stereocenters. The molecule has 0 radical (unpaired) electrons. The molecule has 0 rings (SSSR count). The van der Waals surface area contributed by atoms with Crippen molar-refractivity contribution >= 4 is 6.41 Å². The lowest BCUT2D eigenvalue weighted by Crippen LogP contribution is -2.23. The molecular formula is C9H17NO. The normalized spacial score (nSPS) is 11.9. The summed E-state index contributed by atoms with van der Waals surface area (Å²) < 4.78 is 0. The number of hydrogen-bond donors (Lipinski definition) is 1. The fraction of sp³-hybridized carbons (Fsp3) is 0.667. The van der Waals surface area contributed by atoms with Crippen LogP contribution in [0.15, 0.2) is 11.6 Å². The Morgan fingerprint density at radius 3 is 2.64 bits per heavy atom. The zero-order valence-electron chi connectivity index (χ0n) is 7.55. The SMILES string of the molecule is CC(C)=CCC[C@@H](C)NC=O. The van der Waals surface area contributed by atoms with E-state index in [9.17, 15) is 4.79 Å². The van der Waals surface area contributed by atoms with Crippen LogP contribution in [0.5, 0.6) is 0 Å². The molecule has 0 aromatic rings. The summed E-state index contributed by atoms with van der Waals surface area (Å²) in [6.45, 7) is 6.17. The van der Waals surface area contributed by atoms with Gasteiger partial charge < -0.3 is 5.32 Å². The lowest BCUT2D eigenvalue weighted by atomic mass is 10.1. The summed E-state index contributed by atoms with van der Waals surface area (Å²) in [6.07, 6.45) is 5.00. The van der Waals surface area contributed by atoms with Crippen molar-refractivity contribution < 1.29 is 4.79 Å². The molecule has 0 saturated carbocycles. The van der Waals surface area contributed by atoms with Gasteiger partial charge in [0.05, 0.1) is 0 Å². The van der Waals surface area contributed by atoms with Gasteiger partial charge in [-0.3, -0.25) is 4.79 Å². The number of allylic oxidation sites excluding steroid dienone is 2. The molecule has 0 aliphatic heterocycles. The van der Waals surface area contributed by atoms with Crippen molar-refractivity contribution in [3.05, 3.63) is 11.6 Å². The Bertz CT molecular complexity index is 136. The summed E-state index contributed by atoms with van der Waals surface area (Å²) in [5, 5.41) is 2.71. The minimum absolute atomic E-state index is 0.295. The molecule has 64 valence electrons. The molecule has 0 aromatic carbocycles. The fourth-order valence-corrected chi connectivity index (χ4v) is 0.821. The van der Waals surface area contributed by atoms with E-state index in [1.165, 1.54) is 5.57 Å². The summed E-state index contributed by atoms with van der Waals surface area (Å²) >= 11 is 0. The largest absolute Gasteiger partial charge is 0.356 e. The maximum absolute atomic E-state index is 9.99. The van der Waals surface area contributed by atoms with Crippen molar-refractivity contribution in [2.24, 2.45) is 0 Å². The molecule has 0 aliphatic carbocycles. The quantitative estimate of drug-likeness (QED) is 0.476. The third kappa shape index (κ3) is 7.10. The molecule has 1 N–H and O–H groups in total. The van der Waals surface area contributed by atoms with Crippen LogP contribution in [0, 0.1) is 0 Å². The predicted octanol–water partition coefficient (Wildman–Crippen LogP) is 1.87. The molecule has 0 bridgehead atoms. The van der Waals surface area contributed by atoms with E-state index in [2.05, 4.69) is 25.2 Å². The first kappa shape index (κ1) is 10.2. The second-order valence-corrected chi connectivity index (χ2v) is 3.04. The molecule has 1 amide bonds. The highest BCUT2D eigenvalue weighted by Crippen LogP contribution is 1.99. The number of hydrogen-bond acceptors (Lipinski definition) is 1. The van der Waals surface area contributed by atoms with E-state index < -0.39 is 0 Å². The van der Waals surface area contributed by atoms with Crippen molar-refractivity contribution in [1.82, 2.24) is 5.32 Å². The molecule has 0 aromatic heterocycles. The average molecular weight is 155 g/mol. The topological polar surface area (TPSA) is 29.1 Å². The first-order valence-electron chi connectivity index (χ1n) is 4.00. The minimum atomic E-state index is 0.295. The van der Waals surface area contributed by atoms with E-state index in [0.717, 1.165) is 19.3 Å². The van der Waals surface area contributed by atoms with Gasteiger partial charge in [0.2, 0.25) is 6.41 Å². The highest BCUT2D eigenvalue weighted by molar-refractivity contribution is 5.46. The van der Waals surface area contributed by atoms with Crippen molar-refractivity contribution in [3.8, 4) is 0 Å². The molecule has 0 heterocycles. The minimum Gasteiger partial charge on any atom is -0.356 e. The van der Waals surface area contributed by atoms with Crippen LogP contribution in [0.1, 0.15) is 33.6 Å². The van der Waals surface area contributed by atoms with Crippen LogP contribution in [-0.2, 0) is 4.79 Å². The standard InChI is InChI=1S/C9H17NO/c1-8(2)5-4-6-9(3)10-7-11/h5,7,9H,4,6H2,1-3H3,(H,10,11)/t9-/m1/s1. The van der Waals surface area contributed by atoms with Gasteiger partial charge in [-0.15, -0.1) is 0 Å². The lowest BCUT2D eigenvalue weighted by molar-refractivity contribution is -0.110. The third-order valence-corrected chi connectivity index (χ3v) is 1.50. The van der Waals surface area contributed by atoms with Crippen LogP contribution in [0.2, 0.25) is 0 Å². The number of carbonyl (C=O) groups is 1. The number of amides is 1. The number of nitrogens with one attached hydrogen (secondary N) is 1. The van der Waals surface area contributed by atoms with Crippen LogP contribution in [0.25, 0.3) is 0 Å². The zero-order chi connectivity index (χ0) is 8.69. The van der Waals surface area contributed by atoms with Gasteiger partial charge in [-0.05, 0) is 33.6 Å². The van der Waals surface area contributed by atoms with Gasteiger partial charge in [0.15, 0.2) is 0 Å². The summed E-state index contributed by atoms with van der Waals surface area (Å²) in [4.78, 5) is 9.99. The van der Waals surface area contributed by atoms with Crippen LogP contribution in [0.3, 0.4) is 0 Å². The third-order valence-electron chi connectivity index (χ3n) is 1.50. The van der Waals surface area contributed by atoms with Gasteiger partial charge in [0.1, 0.15) is 0 Å². The Hall–Kier alpha value is -0.790. The Balaban J connectivity index is 3.38. The van der Waals surface area contributed by atoms with Crippen molar-refractivity contribution in [1.29, 1.82) is 0 Å². The Morgan fingerprint density at radius 1 is 1.55 bits per heavy atom. The molecule has 1 atom stereocenters. The summed E-state index contributed by atoms with van der Waals surface area (Å²) in [7, 11) is 0.